The first-order valence-corrected chi connectivity index (χ1v) is 10.3. The smallest absolute Gasteiger partial charge is 0.238 e. The largest absolute Gasteiger partial charge is 0.325 e. The van der Waals surface area contributed by atoms with Gasteiger partial charge in [-0.05, 0) is 50.2 Å². The van der Waals surface area contributed by atoms with Crippen LogP contribution < -0.4 is 5.32 Å². The minimum atomic E-state index is -0.0198. The Hall–Kier alpha value is -2.02. The predicted octanol–water partition coefficient (Wildman–Crippen LogP) is 5.26. The van der Waals surface area contributed by atoms with Crippen molar-refractivity contribution in [2.75, 3.05) is 18.9 Å². The zero-order valence-corrected chi connectivity index (χ0v) is 18.0. The summed E-state index contributed by atoms with van der Waals surface area (Å²) in [7, 11) is 1.93. The summed E-state index contributed by atoms with van der Waals surface area (Å²) in [6, 6.07) is 14.1. The van der Waals surface area contributed by atoms with Gasteiger partial charge in [0.25, 0.3) is 0 Å². The Balaban J connectivity index is 1.58. The lowest BCUT2D eigenvalue weighted by Gasteiger charge is -2.16. The molecule has 0 fully saturated rings. The minimum Gasteiger partial charge on any atom is -0.325 e. The third kappa shape index (κ3) is 5.25. The normalized spacial score (nSPS) is 11.0. The molecule has 1 amide bonds. The molecular formula is C21H22BrN3OS. The molecule has 140 valence electrons. The number of hydrogen-bond acceptors (Lipinski definition) is 4. The first kappa shape index (κ1) is 19.7. The summed E-state index contributed by atoms with van der Waals surface area (Å²) in [5.74, 6) is -0.0198. The second-order valence-corrected chi connectivity index (χ2v) is 8.40. The Morgan fingerprint density at radius 2 is 2.00 bits per heavy atom. The maximum absolute atomic E-state index is 12.4. The summed E-state index contributed by atoms with van der Waals surface area (Å²) in [5.41, 5.74) is 5.21. The van der Waals surface area contributed by atoms with Crippen molar-refractivity contribution in [3.8, 4) is 10.6 Å². The van der Waals surface area contributed by atoms with E-state index >= 15 is 0 Å². The molecule has 0 spiro atoms. The van der Waals surface area contributed by atoms with Gasteiger partial charge in [0.05, 0.1) is 12.2 Å². The van der Waals surface area contributed by atoms with Gasteiger partial charge in [-0.25, -0.2) is 4.98 Å². The molecule has 3 rings (SSSR count). The van der Waals surface area contributed by atoms with Gasteiger partial charge in [-0.2, -0.15) is 0 Å². The summed E-state index contributed by atoms with van der Waals surface area (Å²) in [5, 5.41) is 6.04. The van der Waals surface area contributed by atoms with Crippen molar-refractivity contribution in [2.24, 2.45) is 0 Å². The van der Waals surface area contributed by atoms with Gasteiger partial charge < -0.3 is 5.32 Å². The van der Waals surface area contributed by atoms with Gasteiger partial charge in [-0.1, -0.05) is 40.2 Å². The molecule has 2 aromatic carbocycles. The summed E-state index contributed by atoms with van der Waals surface area (Å²) < 4.78 is 1.04. The summed E-state index contributed by atoms with van der Waals surface area (Å²) in [6.45, 7) is 5.01. The van der Waals surface area contributed by atoms with Gasteiger partial charge in [0.1, 0.15) is 5.01 Å². The quantitative estimate of drug-likeness (QED) is 0.564. The number of carbonyl (C=O) groups excluding carboxylic acids is 1. The zero-order chi connectivity index (χ0) is 19.4. The second-order valence-electron chi connectivity index (χ2n) is 6.62. The van der Waals surface area contributed by atoms with E-state index in [1.54, 1.807) is 11.3 Å². The molecule has 0 aliphatic rings. The van der Waals surface area contributed by atoms with E-state index in [4.69, 9.17) is 4.98 Å². The van der Waals surface area contributed by atoms with Crippen LogP contribution in [0.15, 0.2) is 52.3 Å². The standard InChI is InChI=1S/C21H22BrN3OS/c1-14-6-4-9-19(15(14)2)24-20(26)12-25(3)11-18-13-27-21(23-18)16-7-5-8-17(22)10-16/h4-10,13H,11-12H2,1-3H3,(H,24,26). The van der Waals surface area contributed by atoms with E-state index in [2.05, 4.69) is 38.8 Å². The number of likely N-dealkylation sites (N-methyl/N-ethyl adjacent to an activating group) is 1. The van der Waals surface area contributed by atoms with Crippen LogP contribution in [0.3, 0.4) is 0 Å². The number of nitrogens with zero attached hydrogens (tertiary/aromatic N) is 2. The Bertz CT molecular complexity index is 954. The van der Waals surface area contributed by atoms with Crippen LogP contribution in [0.5, 0.6) is 0 Å². The van der Waals surface area contributed by atoms with Gasteiger partial charge in [0, 0.05) is 27.6 Å². The fraction of sp³-hybridized carbons (Fsp3) is 0.238. The van der Waals surface area contributed by atoms with Crippen LogP contribution in [0.1, 0.15) is 16.8 Å². The van der Waals surface area contributed by atoms with Crippen molar-refractivity contribution in [1.82, 2.24) is 9.88 Å². The number of aryl methyl sites for hydroxylation is 1. The molecule has 1 heterocycles. The Kier molecular flexibility index (Phi) is 6.42. The maximum Gasteiger partial charge on any atom is 0.238 e. The molecule has 0 saturated heterocycles. The van der Waals surface area contributed by atoms with E-state index in [1.807, 2.05) is 56.1 Å². The molecule has 27 heavy (non-hydrogen) atoms. The summed E-state index contributed by atoms with van der Waals surface area (Å²) in [6.07, 6.45) is 0. The van der Waals surface area contributed by atoms with Crippen molar-refractivity contribution in [1.29, 1.82) is 0 Å². The lowest BCUT2D eigenvalue weighted by atomic mass is 10.1. The zero-order valence-electron chi connectivity index (χ0n) is 15.6. The van der Waals surface area contributed by atoms with E-state index in [9.17, 15) is 4.79 Å². The number of aromatic nitrogens is 1. The van der Waals surface area contributed by atoms with Gasteiger partial charge in [0.2, 0.25) is 5.91 Å². The number of amides is 1. The molecule has 4 nitrogen and oxygen atoms in total. The Morgan fingerprint density at radius 1 is 1.22 bits per heavy atom. The van der Waals surface area contributed by atoms with E-state index in [0.29, 0.717) is 13.1 Å². The SMILES string of the molecule is Cc1cccc(NC(=O)CN(C)Cc2csc(-c3cccc(Br)c3)n2)c1C. The monoisotopic (exact) mass is 443 g/mol. The average molecular weight is 444 g/mol. The van der Waals surface area contributed by atoms with Crippen molar-refractivity contribution < 1.29 is 4.79 Å². The third-order valence-corrected chi connectivity index (χ3v) is 5.78. The molecule has 1 N–H and O–H groups in total. The molecule has 0 unspecified atom stereocenters. The number of thiazole rings is 1. The number of hydrogen-bond donors (Lipinski definition) is 1. The topological polar surface area (TPSA) is 45.2 Å². The highest BCUT2D eigenvalue weighted by molar-refractivity contribution is 9.10. The van der Waals surface area contributed by atoms with Crippen LogP contribution in [-0.4, -0.2) is 29.4 Å². The fourth-order valence-corrected chi connectivity index (χ4v) is 3.99. The number of halogens is 1. The number of carbonyl (C=O) groups is 1. The van der Waals surface area contributed by atoms with Crippen LogP contribution in [0, 0.1) is 13.8 Å². The average Bonchev–Trinajstić information content (AvgIpc) is 3.07. The number of benzene rings is 2. The van der Waals surface area contributed by atoms with Crippen LogP contribution in [0.25, 0.3) is 10.6 Å². The van der Waals surface area contributed by atoms with E-state index in [0.717, 1.165) is 32.0 Å². The highest BCUT2D eigenvalue weighted by atomic mass is 79.9. The van der Waals surface area contributed by atoms with Crippen LogP contribution >= 0.6 is 27.3 Å². The van der Waals surface area contributed by atoms with Gasteiger partial charge in [-0.15, -0.1) is 11.3 Å². The summed E-state index contributed by atoms with van der Waals surface area (Å²) in [4.78, 5) is 19.0. The summed E-state index contributed by atoms with van der Waals surface area (Å²) >= 11 is 5.11. The lowest BCUT2D eigenvalue weighted by Crippen LogP contribution is -2.30. The van der Waals surface area contributed by atoms with Gasteiger partial charge in [-0.3, -0.25) is 9.69 Å². The molecule has 3 aromatic rings. The van der Waals surface area contributed by atoms with E-state index in [1.165, 1.54) is 5.56 Å². The molecule has 0 aliphatic heterocycles. The molecule has 0 saturated carbocycles. The maximum atomic E-state index is 12.4. The molecule has 0 aliphatic carbocycles. The van der Waals surface area contributed by atoms with Crippen molar-refractivity contribution in [3.05, 3.63) is 69.1 Å². The number of anilines is 1. The first-order chi connectivity index (χ1) is 12.9. The second kappa shape index (κ2) is 8.78. The molecule has 0 radical (unpaired) electrons. The molecule has 6 heteroatoms. The third-order valence-electron chi connectivity index (χ3n) is 4.35. The highest BCUT2D eigenvalue weighted by Gasteiger charge is 2.12. The molecule has 0 bridgehead atoms. The first-order valence-electron chi connectivity index (χ1n) is 8.67. The van der Waals surface area contributed by atoms with Crippen molar-refractivity contribution in [2.45, 2.75) is 20.4 Å². The predicted molar refractivity (Wildman–Crippen MR) is 116 cm³/mol. The number of rotatable bonds is 6. The minimum absolute atomic E-state index is 0.0198. The highest BCUT2D eigenvalue weighted by Crippen LogP contribution is 2.26. The van der Waals surface area contributed by atoms with Crippen molar-refractivity contribution in [3.63, 3.8) is 0 Å². The molecular weight excluding hydrogens is 422 g/mol. The molecule has 1 aromatic heterocycles. The van der Waals surface area contributed by atoms with Crippen molar-refractivity contribution >= 4 is 38.9 Å². The fourth-order valence-electron chi connectivity index (χ4n) is 2.79. The Labute approximate surface area is 172 Å². The van der Waals surface area contributed by atoms with Crippen LogP contribution in [0.2, 0.25) is 0 Å². The number of nitrogens with one attached hydrogen (secondary N) is 1. The van der Waals surface area contributed by atoms with Crippen LogP contribution in [0.4, 0.5) is 5.69 Å². The van der Waals surface area contributed by atoms with E-state index < -0.39 is 0 Å². The van der Waals surface area contributed by atoms with E-state index in [-0.39, 0.29) is 5.91 Å². The van der Waals surface area contributed by atoms with Gasteiger partial charge >= 0.3 is 0 Å². The van der Waals surface area contributed by atoms with Crippen LogP contribution in [-0.2, 0) is 11.3 Å². The molecule has 0 atom stereocenters. The lowest BCUT2D eigenvalue weighted by molar-refractivity contribution is -0.117. The Morgan fingerprint density at radius 3 is 2.78 bits per heavy atom. The van der Waals surface area contributed by atoms with Gasteiger partial charge in [0.15, 0.2) is 0 Å².